The minimum atomic E-state index is 0. The van der Waals surface area contributed by atoms with Gasteiger partial charge in [-0.1, -0.05) is 25.3 Å². The lowest BCUT2D eigenvalue weighted by Crippen LogP contribution is -1.21. The molecule has 0 saturated heterocycles. The van der Waals surface area contributed by atoms with E-state index in [1.54, 1.807) is 12.2 Å². The molecule has 0 rings (SSSR count). The van der Waals surface area contributed by atoms with Gasteiger partial charge in [0.2, 0.25) is 0 Å². The second-order valence-corrected chi connectivity index (χ2v) is 0.471. The van der Waals surface area contributed by atoms with Crippen LogP contribution in [0.25, 0.3) is 0 Å². The van der Waals surface area contributed by atoms with Crippen LogP contribution < -0.4 is 0 Å². The molecular formula is C4H8. The molecule has 0 nitrogen and oxygen atoms in total. The van der Waals surface area contributed by atoms with Crippen molar-refractivity contribution in [3.05, 3.63) is 25.3 Å². The molecule has 0 aromatic carbocycles. The molecule has 24 valence electrons. The second kappa shape index (κ2) is 2.48. The summed E-state index contributed by atoms with van der Waals surface area (Å²) in [6.07, 6.45) is 3.28. The van der Waals surface area contributed by atoms with Crippen molar-refractivity contribution in [3.63, 3.8) is 0 Å². The van der Waals surface area contributed by atoms with E-state index in [9.17, 15) is 0 Å². The monoisotopic (exact) mass is 57.1 g/mol. The Morgan fingerprint density at radius 2 is 1.50 bits per heavy atom. The highest BCUT2D eigenvalue weighted by atomic mass is 13.4. The van der Waals surface area contributed by atoms with Gasteiger partial charge in [0.25, 0.3) is 0 Å². The van der Waals surface area contributed by atoms with Crippen LogP contribution in [0.1, 0.15) is 1.43 Å². The molecule has 0 unspecified atom stereocenters. The Labute approximate surface area is 27.9 Å². The maximum absolute atomic E-state index is 3.36. The van der Waals surface area contributed by atoms with Gasteiger partial charge in [-0.2, -0.15) is 0 Å². The van der Waals surface area contributed by atoms with E-state index in [0.29, 0.717) is 0 Å². The zero-order valence-electron chi connectivity index (χ0n) is 2.57. The Balaban J connectivity index is 0. The SMILES string of the molecule is C=CC=C.[2HH]. The van der Waals surface area contributed by atoms with Gasteiger partial charge in [-0.3, -0.25) is 0 Å². The molecular weight excluding hydrogens is 48.0 g/mol. The maximum atomic E-state index is 3.36. The molecule has 4 heavy (non-hydrogen) atoms. The summed E-state index contributed by atoms with van der Waals surface area (Å²) in [5.74, 6) is 0. The topological polar surface area (TPSA) is 0 Å². The van der Waals surface area contributed by atoms with E-state index in [0.717, 1.165) is 0 Å². The molecule has 0 fully saturated rings. The molecule has 0 amide bonds. The molecule has 0 bridgehead atoms. The average molecular weight is 57.1 g/mol. The summed E-state index contributed by atoms with van der Waals surface area (Å²) in [5, 5.41) is 0. The lowest BCUT2D eigenvalue weighted by Gasteiger charge is -1.44. The molecule has 0 atom stereocenters. The minimum absolute atomic E-state index is 0. The van der Waals surface area contributed by atoms with E-state index in [1.807, 2.05) is 0 Å². The zero-order chi connectivity index (χ0) is 3.41. The van der Waals surface area contributed by atoms with Gasteiger partial charge in [0.1, 0.15) is 0 Å². The fraction of sp³-hybridized carbons (Fsp3) is 0. The molecule has 0 N–H and O–H groups in total. The summed E-state index contributed by atoms with van der Waals surface area (Å²) in [5.41, 5.74) is 0. The smallest absolute Gasteiger partial charge is 0 e. The van der Waals surface area contributed by atoms with Crippen LogP contribution in [0.3, 0.4) is 0 Å². The quantitative estimate of drug-likeness (QED) is 0.401. The zero-order valence-corrected chi connectivity index (χ0v) is 2.57. The van der Waals surface area contributed by atoms with Crippen LogP contribution >= 0.6 is 0 Å². The molecule has 0 radical (unpaired) electrons. The average Bonchev–Trinajstić information content (AvgIpc) is 1.37. The van der Waals surface area contributed by atoms with Gasteiger partial charge in [0.05, 0.1) is 0 Å². The Morgan fingerprint density at radius 3 is 1.50 bits per heavy atom. The predicted molar refractivity (Wildman–Crippen MR) is 22.5 cm³/mol. The third kappa shape index (κ3) is 1.48. The van der Waals surface area contributed by atoms with Crippen molar-refractivity contribution in [3.8, 4) is 0 Å². The first-order valence-corrected chi connectivity index (χ1v) is 1.15. The normalized spacial score (nSPS) is 5.00. The van der Waals surface area contributed by atoms with E-state index < -0.39 is 0 Å². The molecule has 0 aliphatic rings. The first-order valence-electron chi connectivity index (χ1n) is 1.15. The van der Waals surface area contributed by atoms with Gasteiger partial charge in [0, 0.05) is 1.43 Å². The molecule has 0 heterocycles. The van der Waals surface area contributed by atoms with Crippen molar-refractivity contribution in [2.75, 3.05) is 0 Å². The van der Waals surface area contributed by atoms with Gasteiger partial charge < -0.3 is 0 Å². The fourth-order valence-corrected chi connectivity index (χ4v) is 0. The number of rotatable bonds is 1. The molecule has 0 saturated carbocycles. The first-order chi connectivity index (χ1) is 1.91. The van der Waals surface area contributed by atoms with Crippen molar-refractivity contribution in [2.24, 2.45) is 0 Å². The van der Waals surface area contributed by atoms with Gasteiger partial charge >= 0.3 is 0 Å². The number of hydrogen-bond donors (Lipinski definition) is 0. The van der Waals surface area contributed by atoms with Gasteiger partial charge in [-0.05, 0) is 0 Å². The largest absolute Gasteiger partial charge is 0.0991 e. The molecule has 0 aromatic heterocycles. The molecule has 0 aliphatic carbocycles. The van der Waals surface area contributed by atoms with Crippen molar-refractivity contribution < 1.29 is 1.43 Å². The fourth-order valence-electron chi connectivity index (χ4n) is 0. The highest BCUT2D eigenvalue weighted by molar-refractivity contribution is 4.88. The van der Waals surface area contributed by atoms with Crippen LogP contribution in [0.5, 0.6) is 0 Å². The highest BCUT2D eigenvalue weighted by Gasteiger charge is 1.29. The third-order valence-corrected chi connectivity index (χ3v) is 0.167. The van der Waals surface area contributed by atoms with Crippen molar-refractivity contribution in [1.82, 2.24) is 0 Å². The van der Waals surface area contributed by atoms with E-state index >= 15 is 0 Å². The minimum Gasteiger partial charge on any atom is -0.0991 e. The highest BCUT2D eigenvalue weighted by Crippen LogP contribution is 1.52. The summed E-state index contributed by atoms with van der Waals surface area (Å²) in [6.45, 7) is 6.72. The van der Waals surface area contributed by atoms with Gasteiger partial charge in [-0.15, -0.1) is 0 Å². The van der Waals surface area contributed by atoms with Crippen LogP contribution in [-0.2, 0) is 0 Å². The molecule has 0 aromatic rings. The van der Waals surface area contributed by atoms with Crippen LogP contribution in [0.2, 0.25) is 0 Å². The molecule has 0 heteroatoms. The van der Waals surface area contributed by atoms with E-state index in [-0.39, 0.29) is 1.43 Å². The summed E-state index contributed by atoms with van der Waals surface area (Å²) in [4.78, 5) is 0. The summed E-state index contributed by atoms with van der Waals surface area (Å²) >= 11 is 0. The van der Waals surface area contributed by atoms with Crippen molar-refractivity contribution in [1.29, 1.82) is 0 Å². The Bertz CT molecular complexity index is 24.6. The number of hydrogen-bond acceptors (Lipinski definition) is 0. The summed E-state index contributed by atoms with van der Waals surface area (Å²) in [6, 6.07) is 0. The van der Waals surface area contributed by atoms with Crippen LogP contribution in [0, 0.1) is 0 Å². The Hall–Kier alpha value is -0.520. The van der Waals surface area contributed by atoms with Crippen LogP contribution in [0.15, 0.2) is 25.3 Å². The van der Waals surface area contributed by atoms with E-state index in [4.69, 9.17) is 0 Å². The first kappa shape index (κ1) is 3.48. The summed E-state index contributed by atoms with van der Waals surface area (Å²) < 4.78 is 0. The summed E-state index contributed by atoms with van der Waals surface area (Å²) in [7, 11) is 0. The van der Waals surface area contributed by atoms with Crippen molar-refractivity contribution >= 4 is 0 Å². The Kier molecular flexibility index (Phi) is 2.16. The third-order valence-electron chi connectivity index (χ3n) is 0.167. The number of allylic oxidation sites excluding steroid dienone is 2. The Morgan fingerprint density at radius 1 is 1.25 bits per heavy atom. The predicted octanol–water partition coefficient (Wildman–Crippen LogP) is 1.60. The van der Waals surface area contributed by atoms with Crippen LogP contribution in [0.4, 0.5) is 0 Å². The standard InChI is InChI=1S/C4H6.H2/c1-3-4-2;/h3-4H,1-2H2;1H/i;1+1. The second-order valence-electron chi connectivity index (χ2n) is 0.471. The van der Waals surface area contributed by atoms with Gasteiger partial charge in [0.15, 0.2) is 0 Å². The van der Waals surface area contributed by atoms with E-state index in [2.05, 4.69) is 13.2 Å². The molecule has 0 spiro atoms. The lowest BCUT2D eigenvalue weighted by atomic mass is 10.6. The maximum Gasteiger partial charge on any atom is 0 e. The molecule has 0 aliphatic heterocycles. The lowest BCUT2D eigenvalue weighted by molar-refractivity contribution is 2.15. The van der Waals surface area contributed by atoms with Crippen LogP contribution in [-0.4, -0.2) is 0 Å². The van der Waals surface area contributed by atoms with Gasteiger partial charge in [-0.25, -0.2) is 0 Å². The van der Waals surface area contributed by atoms with Crippen molar-refractivity contribution in [2.45, 2.75) is 0 Å². The van der Waals surface area contributed by atoms with E-state index in [1.165, 1.54) is 0 Å².